The molecule has 162 valence electrons. The summed E-state index contributed by atoms with van der Waals surface area (Å²) in [5.41, 5.74) is -0.217. The molecule has 1 amide bonds. The van der Waals surface area contributed by atoms with E-state index < -0.39 is 23.7 Å². The maximum absolute atomic E-state index is 14.9. The molecule has 1 saturated heterocycles. The molecule has 1 N–H and O–H groups in total. The predicted molar refractivity (Wildman–Crippen MR) is 110 cm³/mol. The highest BCUT2D eigenvalue weighted by Gasteiger charge is 2.55. The van der Waals surface area contributed by atoms with Crippen molar-refractivity contribution in [1.82, 2.24) is 4.90 Å². The zero-order valence-corrected chi connectivity index (χ0v) is 18.0. The molecule has 5 aliphatic rings. The first-order valence-electron chi connectivity index (χ1n) is 10.6. The van der Waals surface area contributed by atoms with Crippen molar-refractivity contribution >= 4 is 35.1 Å². The molecule has 0 aromatic heterocycles. The number of carboxylic acid groups (broad SMARTS) is 1. The van der Waals surface area contributed by atoms with Crippen LogP contribution in [0.5, 0.6) is 5.75 Å². The molecular weight excluding hydrogens is 432 g/mol. The lowest BCUT2D eigenvalue weighted by atomic mass is 9.54. The van der Waals surface area contributed by atoms with Gasteiger partial charge < -0.3 is 14.7 Å². The molecule has 1 aromatic rings. The molecule has 4 unspecified atom stereocenters. The zero-order valence-electron chi connectivity index (χ0n) is 16.5. The smallest absolute Gasteiger partial charge is 0.326 e. The van der Waals surface area contributed by atoms with Crippen molar-refractivity contribution in [2.75, 3.05) is 6.54 Å². The van der Waals surface area contributed by atoms with Gasteiger partial charge in [0.25, 0.3) is 5.91 Å². The summed E-state index contributed by atoms with van der Waals surface area (Å²) < 4.78 is 21.1. The van der Waals surface area contributed by atoms with Crippen molar-refractivity contribution in [2.24, 2.45) is 17.8 Å². The normalized spacial score (nSPS) is 36.9. The van der Waals surface area contributed by atoms with E-state index in [1.807, 2.05) is 0 Å². The maximum Gasteiger partial charge on any atom is 0.326 e. The number of alkyl halides is 1. The second kappa shape index (κ2) is 7.27. The Balaban J connectivity index is 1.36. The van der Waals surface area contributed by atoms with E-state index in [-0.39, 0.29) is 33.9 Å². The van der Waals surface area contributed by atoms with Gasteiger partial charge in [-0.25, -0.2) is 9.18 Å². The van der Waals surface area contributed by atoms with Crippen LogP contribution in [0.4, 0.5) is 4.39 Å². The Morgan fingerprint density at radius 3 is 2.53 bits per heavy atom. The Morgan fingerprint density at radius 2 is 1.90 bits per heavy atom. The van der Waals surface area contributed by atoms with E-state index in [0.29, 0.717) is 30.6 Å². The van der Waals surface area contributed by atoms with E-state index in [0.717, 1.165) is 32.1 Å². The Hall–Kier alpha value is -1.53. The molecule has 1 heterocycles. The van der Waals surface area contributed by atoms with E-state index in [4.69, 9.17) is 27.9 Å². The second-order valence-corrected chi connectivity index (χ2v) is 10.7. The Bertz CT molecular complexity index is 893. The number of likely N-dealkylation sites (tertiary alicyclic amines) is 1. The zero-order chi connectivity index (χ0) is 21.2. The first-order chi connectivity index (χ1) is 14.2. The van der Waals surface area contributed by atoms with Crippen molar-refractivity contribution < 1.29 is 23.8 Å². The predicted octanol–water partition coefficient (Wildman–Crippen LogP) is 4.73. The van der Waals surface area contributed by atoms with Gasteiger partial charge in [-0.1, -0.05) is 11.6 Å². The number of aliphatic carboxylic acids is 1. The highest BCUT2D eigenvalue weighted by Crippen LogP contribution is 2.59. The van der Waals surface area contributed by atoms with E-state index in [1.165, 1.54) is 17.0 Å². The first-order valence-corrected chi connectivity index (χ1v) is 11.4. The fourth-order valence-corrected chi connectivity index (χ4v) is 7.24. The number of halogens is 3. The van der Waals surface area contributed by atoms with Crippen LogP contribution in [0.25, 0.3) is 0 Å². The summed E-state index contributed by atoms with van der Waals surface area (Å²) in [6, 6.07) is 1.51. The molecule has 1 aromatic carbocycles. The van der Waals surface area contributed by atoms with E-state index >= 15 is 0 Å². The van der Waals surface area contributed by atoms with E-state index in [9.17, 15) is 19.1 Å². The first kappa shape index (κ1) is 20.4. The monoisotopic (exact) mass is 455 g/mol. The minimum atomic E-state index is -1.08. The van der Waals surface area contributed by atoms with Gasteiger partial charge in [0.15, 0.2) is 0 Å². The van der Waals surface area contributed by atoms with Crippen LogP contribution in [0, 0.1) is 23.6 Å². The van der Waals surface area contributed by atoms with Crippen LogP contribution in [0.15, 0.2) is 12.1 Å². The topological polar surface area (TPSA) is 66.8 Å². The Kier molecular flexibility index (Phi) is 4.93. The van der Waals surface area contributed by atoms with Gasteiger partial charge in [0.2, 0.25) is 0 Å². The number of nitrogens with zero attached hydrogens (tertiary/aromatic N) is 1. The summed E-state index contributed by atoms with van der Waals surface area (Å²) in [5, 5.41) is 9.47. The molecule has 0 spiro atoms. The Morgan fingerprint density at radius 1 is 1.20 bits per heavy atom. The van der Waals surface area contributed by atoms with Crippen LogP contribution in [-0.4, -0.2) is 45.4 Å². The van der Waals surface area contributed by atoms with Gasteiger partial charge in [0.1, 0.15) is 23.7 Å². The summed E-state index contributed by atoms with van der Waals surface area (Å²) in [4.78, 5) is 25.2. The third-order valence-corrected chi connectivity index (χ3v) is 8.18. The van der Waals surface area contributed by atoms with Crippen molar-refractivity contribution in [3.05, 3.63) is 28.5 Å². The number of rotatable bonds is 4. The standard InChI is InChI=1S/C22H24Cl2FNO4/c23-15-6-14(20(27)26-3-1-2-17(26)21(28)29)16(25)7-18(15)30-19-12-4-11-5-13(19)10-22(24,8-11)9-12/h6-7,11-13,17,19H,1-5,8-10H2,(H,28,29)/t11?,12-,13+,17?,19?,22?. The molecule has 5 nitrogen and oxygen atoms in total. The van der Waals surface area contributed by atoms with E-state index in [1.54, 1.807) is 0 Å². The molecule has 30 heavy (non-hydrogen) atoms. The number of carbonyl (C=O) groups is 2. The minimum absolute atomic E-state index is 0.0400. The third kappa shape index (κ3) is 3.36. The van der Waals surface area contributed by atoms with Gasteiger partial charge in [-0.2, -0.15) is 0 Å². The SMILES string of the molecule is O=C(O)C1CCCN1C(=O)c1cc(Cl)c(OC2[C@@H]3CC4C[C@H]2CC(Cl)(C4)C3)cc1F. The summed E-state index contributed by atoms with van der Waals surface area (Å²) >= 11 is 13.2. The minimum Gasteiger partial charge on any atom is -0.488 e. The third-order valence-electron chi connectivity index (χ3n) is 7.43. The molecule has 5 fully saturated rings. The number of carbonyl (C=O) groups excluding carboxylic acids is 1. The summed E-state index contributed by atoms with van der Waals surface area (Å²) in [5.74, 6) is -0.896. The second-order valence-electron chi connectivity index (χ2n) is 9.46. The van der Waals surface area contributed by atoms with Gasteiger partial charge in [-0.05, 0) is 68.8 Å². The largest absolute Gasteiger partial charge is 0.488 e. The average molecular weight is 456 g/mol. The number of amides is 1. The molecular formula is C22H24Cl2FNO4. The highest BCUT2D eigenvalue weighted by molar-refractivity contribution is 6.32. The van der Waals surface area contributed by atoms with Crippen LogP contribution in [0.1, 0.15) is 55.3 Å². The number of hydrogen-bond donors (Lipinski definition) is 1. The van der Waals surface area contributed by atoms with Gasteiger partial charge in [0, 0.05) is 17.5 Å². The number of benzene rings is 1. The van der Waals surface area contributed by atoms with Gasteiger partial charge in [0.05, 0.1) is 10.6 Å². The maximum atomic E-state index is 14.9. The molecule has 6 rings (SSSR count). The summed E-state index contributed by atoms with van der Waals surface area (Å²) in [6.07, 6.45) is 5.96. The number of hydrogen-bond acceptors (Lipinski definition) is 3. The van der Waals surface area contributed by atoms with Crippen molar-refractivity contribution in [2.45, 2.75) is 62.0 Å². The summed E-state index contributed by atoms with van der Waals surface area (Å²) in [6.45, 7) is 0.290. The van der Waals surface area contributed by atoms with Crippen LogP contribution < -0.4 is 4.74 Å². The number of carboxylic acids is 1. The summed E-state index contributed by atoms with van der Waals surface area (Å²) in [7, 11) is 0. The quantitative estimate of drug-likeness (QED) is 0.666. The average Bonchev–Trinajstić information content (AvgIpc) is 3.15. The molecule has 6 atom stereocenters. The van der Waals surface area contributed by atoms with Crippen molar-refractivity contribution in [3.8, 4) is 5.75 Å². The van der Waals surface area contributed by atoms with Crippen LogP contribution in [0.3, 0.4) is 0 Å². The van der Waals surface area contributed by atoms with E-state index in [2.05, 4.69) is 0 Å². The number of ether oxygens (including phenoxy) is 1. The fraction of sp³-hybridized carbons (Fsp3) is 0.636. The van der Waals surface area contributed by atoms with Crippen LogP contribution in [-0.2, 0) is 4.79 Å². The highest BCUT2D eigenvalue weighted by atomic mass is 35.5. The molecule has 1 aliphatic heterocycles. The van der Waals surface area contributed by atoms with Gasteiger partial charge >= 0.3 is 5.97 Å². The van der Waals surface area contributed by atoms with Crippen molar-refractivity contribution in [1.29, 1.82) is 0 Å². The van der Waals surface area contributed by atoms with Gasteiger partial charge in [-0.15, -0.1) is 11.6 Å². The lowest BCUT2D eigenvalue weighted by Crippen LogP contribution is -2.56. The molecule has 4 bridgehead atoms. The molecule has 4 aliphatic carbocycles. The Labute approximate surface area is 184 Å². The van der Waals surface area contributed by atoms with Crippen LogP contribution >= 0.6 is 23.2 Å². The van der Waals surface area contributed by atoms with Crippen molar-refractivity contribution in [3.63, 3.8) is 0 Å². The molecule has 4 saturated carbocycles. The van der Waals surface area contributed by atoms with Gasteiger partial charge in [-0.3, -0.25) is 4.79 Å². The van der Waals surface area contributed by atoms with Crippen LogP contribution in [0.2, 0.25) is 5.02 Å². The molecule has 0 radical (unpaired) electrons. The molecule has 8 heteroatoms. The lowest BCUT2D eigenvalue weighted by molar-refractivity contribution is -0.141. The fourth-order valence-electron chi connectivity index (χ4n) is 6.42. The lowest BCUT2D eigenvalue weighted by Gasteiger charge is -2.57.